The molecule has 14 heterocycles. The molecule has 0 saturated carbocycles. The van der Waals surface area contributed by atoms with Crippen molar-refractivity contribution >= 4 is 246 Å². The van der Waals surface area contributed by atoms with Gasteiger partial charge in [-0.3, -0.25) is 67.4 Å². The molecule has 0 spiro atoms. The number of para-hydroxylation sites is 3. The van der Waals surface area contributed by atoms with Crippen molar-refractivity contribution in [3.05, 3.63) is 363 Å². The molecule has 0 aliphatic carbocycles. The Morgan fingerprint density at radius 1 is 0.517 bits per heavy atom. The molecule has 2 fully saturated rings. The van der Waals surface area contributed by atoms with E-state index in [1.807, 2.05) is 285 Å². The number of fused-ring (bicyclic) bond motifs is 5. The van der Waals surface area contributed by atoms with Crippen molar-refractivity contribution in [2.45, 2.75) is 85.3 Å². The number of carbonyl (C=O) groups excluding carboxylic acids is 3. The number of nitro groups is 1. The van der Waals surface area contributed by atoms with Crippen LogP contribution in [0.15, 0.2) is 303 Å². The molecule has 2 amide bonds. The third-order valence-electron chi connectivity index (χ3n) is 22.7. The molecule has 14 aromatic rings. The first-order chi connectivity index (χ1) is 68.1. The van der Waals surface area contributed by atoms with Gasteiger partial charge in [0.1, 0.15) is 82.6 Å². The van der Waals surface area contributed by atoms with Crippen molar-refractivity contribution in [2.24, 2.45) is 17.0 Å². The zero-order chi connectivity index (χ0) is 99.3. The molecule has 143 heavy (non-hydrogen) atoms. The van der Waals surface area contributed by atoms with E-state index in [1.54, 1.807) is 74.0 Å². The number of halogens is 5. The zero-order valence-electron chi connectivity index (χ0n) is 78.5. The molecule has 0 atom stereocenters. The highest BCUT2D eigenvalue weighted by atomic mass is 35.5. The summed E-state index contributed by atoms with van der Waals surface area (Å²) in [6.07, 6.45) is 11.5. The number of nitrogens with zero attached hydrogens (tertiary/aromatic N) is 16. The van der Waals surface area contributed by atoms with Crippen LogP contribution in [0, 0.1) is 28.7 Å². The van der Waals surface area contributed by atoms with Gasteiger partial charge in [-0.15, -0.1) is 34.0 Å². The standard InChI is InChI=1S/C22H18ClN4O4S3.C21H20N3O3S2.C20H19N3OS2.2C19H16FN3OS2.2ClH/c1-3-26-19(11-18-25(8-9-32-18)12-14-5-7-17(31-14)27(29)30)34-20(21(26)28)22-24(2)15-6-4-13(23)10-16(15)33-22;1-22-11-7-6-8-14(22)12-17-24(13-18(25)27-3)20(26)19(29-17)21-23(2)15-9-4-5-10-16(15)28-21;1-4-23-17(12-14-7-5-6-10-21-14)26-18(19(23)24)20-22(3)15-9-8-13(2)11-16(15)25-20;1-3-23-17(24)16(26-19(23)21-12-8-5-4-6-9-12)18-22(2)14-11-7-10-13(20)15(14)25-18;1-3-23-17(24)16(26-19(23)21-13-7-5-4-6-8-13)18-22(2)14-11-12(20)9-10-15(14)25-18;;/h4-11H,3,12H2,1-2H3;4-12H,13H2,1-3H3;5-12H,4H2,1-3H3;2*4-11H,3H2,1-2H3;2*1H/q2*+1;;;;;/p-2/b22-20+;21-19+;17-12-,20-18+;2*18-16+,21-19?;;. The number of furan rings is 1. The lowest BCUT2D eigenvalue weighted by Gasteiger charge is -2.15. The van der Waals surface area contributed by atoms with Gasteiger partial charge in [0.15, 0.2) is 28.5 Å². The normalized spacial score (nSPS) is 17.4. The Morgan fingerprint density at radius 2 is 1.03 bits per heavy atom. The summed E-state index contributed by atoms with van der Waals surface area (Å²) in [5.41, 5.74) is 9.29. The van der Waals surface area contributed by atoms with Crippen LogP contribution in [0.3, 0.4) is 0 Å². The molecule has 26 nitrogen and oxygen atoms in total. The molecule has 0 radical (unpaired) electrons. The van der Waals surface area contributed by atoms with Crippen molar-refractivity contribution in [3.63, 3.8) is 0 Å². The summed E-state index contributed by atoms with van der Waals surface area (Å²) in [5.74, 6) is -0.948. The van der Waals surface area contributed by atoms with E-state index in [1.165, 1.54) is 139 Å². The van der Waals surface area contributed by atoms with E-state index < -0.39 is 10.9 Å². The topological polar surface area (TPSA) is 251 Å². The smallest absolute Gasteiger partial charge is 0.433 e. The molecule has 7 aromatic carbocycles. The van der Waals surface area contributed by atoms with Crippen LogP contribution >= 0.6 is 139 Å². The lowest BCUT2D eigenvalue weighted by atomic mass is 10.2. The average Bonchev–Trinajstić information content (AvgIpc) is 1.63. The molecule has 0 N–H and O–H groups in total. The first-order valence-electron chi connectivity index (χ1n) is 44.0. The number of thioether (sulfide) groups is 7. The van der Waals surface area contributed by atoms with Crippen LogP contribution < -0.4 is 103 Å². The van der Waals surface area contributed by atoms with Crippen molar-refractivity contribution in [3.8, 4) is 0 Å². The second kappa shape index (κ2) is 46.4. The highest BCUT2D eigenvalue weighted by Crippen LogP contribution is 2.54. The van der Waals surface area contributed by atoms with E-state index in [4.69, 9.17) is 20.8 Å². The second-order valence-electron chi connectivity index (χ2n) is 31.7. The number of rotatable bonds is 14. The number of hydrogen-bond donors (Lipinski definition) is 0. The van der Waals surface area contributed by atoms with E-state index in [0.717, 1.165) is 110 Å². The van der Waals surface area contributed by atoms with Gasteiger partial charge >= 0.3 is 11.9 Å². The number of thiazole rings is 4. The van der Waals surface area contributed by atoms with Crippen molar-refractivity contribution in [2.75, 3.05) is 79.9 Å². The summed E-state index contributed by atoms with van der Waals surface area (Å²) < 4.78 is 51.4. The van der Waals surface area contributed by atoms with Crippen LogP contribution in [0.5, 0.6) is 0 Å². The number of amidine groups is 2. The van der Waals surface area contributed by atoms with Gasteiger partial charge in [-0.1, -0.05) is 148 Å². The van der Waals surface area contributed by atoms with Crippen LogP contribution in [0.2, 0.25) is 5.02 Å². The Balaban J connectivity index is 0.000000135. The Bertz CT molecular complexity index is 8070. The number of methoxy groups -OCH3 is 1. The first kappa shape index (κ1) is 105. The number of aryl methyl sites for hydroxylation is 2. The van der Waals surface area contributed by atoms with E-state index in [2.05, 4.69) is 45.0 Å². The van der Waals surface area contributed by atoms with E-state index in [0.29, 0.717) is 82.3 Å². The first-order valence-corrected chi connectivity index (χ1v) is 53.4. The number of ether oxygens (including phenoxy) is 1. The number of anilines is 5. The number of likely N-dealkylation sites (N-methyl/N-ethyl adjacent to an activating group) is 2. The monoisotopic (exact) mass is 2180 g/mol. The average molecular weight is 2180 g/mol. The quantitative estimate of drug-likeness (QED) is 0.0322. The van der Waals surface area contributed by atoms with Crippen molar-refractivity contribution in [1.29, 1.82) is 0 Å². The predicted molar refractivity (Wildman–Crippen MR) is 573 cm³/mol. The Kier molecular flexibility index (Phi) is 34.2. The number of esters is 1. The molecule has 734 valence electrons. The summed E-state index contributed by atoms with van der Waals surface area (Å²) in [6.45, 7) is 12.4. The SMILES string of the molecule is CCN1C(=O)/C(=C2\Sc3c(F)cccc3N2C)SC1=Nc1ccccc1.CCN1C(=O)/C(=C2\Sc3ccc(F)cc3N2C)SC1=Nc1ccccc1.CCn1c(=O)/c(=C2\Sc3cc(C)ccc3N2C)s/c1=C\c1ccccn1.CCn1c(=O)/c(=C2\Sc3cc(Cl)ccc3N2C)s/c1=C\c1scc[n+]1Cc1ccc([N+](=O)[O-])o1.COC(=O)Cn1c(=O)/c(=C2\Sc3ccccc3N2C)s/c1=C\c1cccc[n+]1C.[Cl-].[Cl-]. The number of aliphatic imine (C=N–C) groups is 2. The number of benzene rings is 7. The highest BCUT2D eigenvalue weighted by Gasteiger charge is 2.42. The molecular formula is C101H89Cl3F2N16O10S11. The van der Waals surface area contributed by atoms with Gasteiger partial charge in [-0.25, -0.2) is 23.3 Å². The van der Waals surface area contributed by atoms with Crippen LogP contribution in [0.25, 0.3) is 33.3 Å². The maximum absolute atomic E-state index is 14.1. The summed E-state index contributed by atoms with van der Waals surface area (Å²) in [4.78, 5) is 121. The molecule has 42 heteroatoms. The molecule has 7 aromatic heterocycles. The molecular weight excluding hydrogens is 2090 g/mol. The summed E-state index contributed by atoms with van der Waals surface area (Å²) in [5, 5.41) is 20.0. The van der Waals surface area contributed by atoms with Gasteiger partial charge in [-0.05, 0) is 191 Å². The minimum absolute atomic E-state index is 0. The third kappa shape index (κ3) is 22.5. The molecule has 0 unspecified atom stereocenters. The minimum Gasteiger partial charge on any atom is -1.00 e. The molecule has 7 aliphatic rings. The maximum atomic E-state index is 14.1. The predicted octanol–water partition coefficient (Wildman–Crippen LogP) is 11.1. The van der Waals surface area contributed by atoms with Crippen LogP contribution in [-0.4, -0.2) is 117 Å². The maximum Gasteiger partial charge on any atom is 0.433 e. The Morgan fingerprint density at radius 3 is 1.59 bits per heavy atom. The minimum atomic E-state index is -0.552. The number of aromatic nitrogens is 6. The fourth-order valence-corrected chi connectivity index (χ4v) is 28.8. The Labute approximate surface area is 883 Å². The van der Waals surface area contributed by atoms with Crippen LogP contribution in [0.1, 0.15) is 55.4 Å². The van der Waals surface area contributed by atoms with E-state index in [9.17, 15) is 47.7 Å². The Hall–Kier alpha value is -11.9. The number of pyridine rings is 2. The second-order valence-corrected chi connectivity index (χ2v) is 43.2. The molecule has 2 saturated heterocycles. The number of carbonyl (C=O) groups is 3. The molecule has 7 aliphatic heterocycles. The van der Waals surface area contributed by atoms with Gasteiger partial charge in [0.2, 0.25) is 12.2 Å². The van der Waals surface area contributed by atoms with Crippen LogP contribution in [0.4, 0.5) is 54.5 Å². The van der Waals surface area contributed by atoms with E-state index >= 15 is 0 Å². The fourth-order valence-electron chi connectivity index (χ4n) is 15.5. The molecule has 21 rings (SSSR count). The summed E-state index contributed by atoms with van der Waals surface area (Å²) in [6, 6.07) is 63.6. The van der Waals surface area contributed by atoms with Gasteiger partial charge in [0, 0.05) is 110 Å². The summed E-state index contributed by atoms with van der Waals surface area (Å²) >= 11 is 22.4. The van der Waals surface area contributed by atoms with Crippen LogP contribution in [-0.2, 0) is 52.3 Å². The van der Waals surface area contributed by atoms with Crippen molar-refractivity contribution in [1.82, 2.24) is 28.5 Å². The van der Waals surface area contributed by atoms with Gasteiger partial charge < -0.3 is 58.5 Å². The van der Waals surface area contributed by atoms with Crippen molar-refractivity contribution < 1.29 is 71.2 Å². The summed E-state index contributed by atoms with van der Waals surface area (Å²) in [7, 11) is 12.9. The zero-order valence-corrected chi connectivity index (χ0v) is 89.8. The van der Waals surface area contributed by atoms with E-state index in [-0.39, 0.29) is 77.4 Å². The van der Waals surface area contributed by atoms with Gasteiger partial charge in [0.05, 0.1) is 85.1 Å². The number of hydrogen-bond acceptors (Lipinski definition) is 29. The molecule has 0 bridgehead atoms. The largest absolute Gasteiger partial charge is 1.00 e. The lowest BCUT2D eigenvalue weighted by Crippen LogP contribution is -3.00. The number of amides is 2. The van der Waals surface area contributed by atoms with Gasteiger partial charge in [0.25, 0.3) is 33.5 Å². The fraction of sp³-hybridized carbons (Fsp3) is 0.178. The van der Waals surface area contributed by atoms with Gasteiger partial charge in [-0.2, -0.15) is 4.57 Å². The highest BCUT2D eigenvalue weighted by molar-refractivity contribution is 8.20. The lowest BCUT2D eigenvalue weighted by molar-refractivity contribution is -0.686. The third-order valence-corrected chi connectivity index (χ3v) is 36.2.